The van der Waals surface area contributed by atoms with Gasteiger partial charge in [0.2, 0.25) is 0 Å². The monoisotopic (exact) mass is 292 g/mol. The van der Waals surface area contributed by atoms with Gasteiger partial charge in [0.25, 0.3) is 0 Å². The summed E-state index contributed by atoms with van der Waals surface area (Å²) < 4.78 is 5.33. The van der Waals surface area contributed by atoms with E-state index < -0.39 is 5.97 Å². The summed E-state index contributed by atoms with van der Waals surface area (Å²) in [5.41, 5.74) is 1.41. The van der Waals surface area contributed by atoms with E-state index in [0.29, 0.717) is 11.3 Å². The van der Waals surface area contributed by atoms with Crippen molar-refractivity contribution in [2.45, 2.75) is 38.3 Å². The summed E-state index contributed by atoms with van der Waals surface area (Å²) in [6, 6.07) is 4.44. The Morgan fingerprint density at radius 2 is 2.10 bits per heavy atom. The number of carboxylic acid groups (broad SMARTS) is 1. The number of hydrogen-bond donors (Lipinski definition) is 3. The van der Waals surface area contributed by atoms with Crippen molar-refractivity contribution in [1.29, 1.82) is 0 Å². The van der Waals surface area contributed by atoms with Gasteiger partial charge >= 0.3 is 12.0 Å². The number of ether oxygens (including phenoxy) is 1. The maximum atomic E-state index is 12.0. The molecule has 114 valence electrons. The molecule has 2 rings (SSSR count). The smallest absolute Gasteiger partial charge is 0.335 e. The Labute approximate surface area is 123 Å². The lowest BCUT2D eigenvalue weighted by Crippen LogP contribution is -2.42. The Morgan fingerprint density at radius 1 is 1.33 bits per heavy atom. The fourth-order valence-electron chi connectivity index (χ4n) is 2.69. The Bertz CT molecular complexity index is 544. The van der Waals surface area contributed by atoms with Gasteiger partial charge in [0.1, 0.15) is 0 Å². The van der Waals surface area contributed by atoms with Crippen molar-refractivity contribution in [3.8, 4) is 0 Å². The summed E-state index contributed by atoms with van der Waals surface area (Å²) >= 11 is 0. The van der Waals surface area contributed by atoms with Crippen LogP contribution in [0.2, 0.25) is 0 Å². The van der Waals surface area contributed by atoms with Crippen molar-refractivity contribution in [1.82, 2.24) is 5.32 Å². The molecule has 6 nitrogen and oxygen atoms in total. The molecule has 1 aliphatic rings. The van der Waals surface area contributed by atoms with Gasteiger partial charge in [0.05, 0.1) is 17.7 Å². The number of carboxylic acids is 1. The summed E-state index contributed by atoms with van der Waals surface area (Å²) in [6.07, 6.45) is 2.96. The van der Waals surface area contributed by atoms with Crippen LogP contribution < -0.4 is 10.6 Å². The number of rotatable bonds is 4. The average molecular weight is 292 g/mol. The van der Waals surface area contributed by atoms with Gasteiger partial charge in [-0.3, -0.25) is 0 Å². The second-order valence-corrected chi connectivity index (χ2v) is 5.24. The highest BCUT2D eigenvalue weighted by Crippen LogP contribution is 2.21. The number of hydrogen-bond acceptors (Lipinski definition) is 3. The van der Waals surface area contributed by atoms with E-state index >= 15 is 0 Å². The highest BCUT2D eigenvalue weighted by Gasteiger charge is 2.28. The summed E-state index contributed by atoms with van der Waals surface area (Å²) in [7, 11) is 1.65. The average Bonchev–Trinajstić information content (AvgIpc) is 2.85. The van der Waals surface area contributed by atoms with Crippen LogP contribution in [0.15, 0.2) is 18.2 Å². The van der Waals surface area contributed by atoms with Gasteiger partial charge < -0.3 is 20.5 Å². The molecule has 6 heteroatoms. The molecule has 0 heterocycles. The van der Waals surface area contributed by atoms with E-state index in [-0.39, 0.29) is 23.7 Å². The number of aromatic carboxylic acids is 1. The Kier molecular flexibility index (Phi) is 4.80. The van der Waals surface area contributed by atoms with Gasteiger partial charge in [-0.15, -0.1) is 0 Å². The van der Waals surface area contributed by atoms with Gasteiger partial charge in [0.15, 0.2) is 0 Å². The van der Waals surface area contributed by atoms with E-state index in [2.05, 4.69) is 10.6 Å². The summed E-state index contributed by atoms with van der Waals surface area (Å²) in [5, 5.41) is 14.6. The normalized spacial score (nSPS) is 21.0. The molecule has 0 aliphatic heterocycles. The topological polar surface area (TPSA) is 87.7 Å². The summed E-state index contributed by atoms with van der Waals surface area (Å²) in [4.78, 5) is 22.9. The van der Waals surface area contributed by atoms with Crippen molar-refractivity contribution >= 4 is 17.7 Å². The van der Waals surface area contributed by atoms with E-state index in [0.717, 1.165) is 19.3 Å². The maximum Gasteiger partial charge on any atom is 0.335 e. The van der Waals surface area contributed by atoms with E-state index in [9.17, 15) is 9.59 Å². The highest BCUT2D eigenvalue weighted by atomic mass is 16.5. The Balaban J connectivity index is 1.96. The Hall–Kier alpha value is -2.08. The van der Waals surface area contributed by atoms with Gasteiger partial charge in [-0.05, 0) is 49.9 Å². The van der Waals surface area contributed by atoms with E-state index in [1.54, 1.807) is 26.2 Å². The summed E-state index contributed by atoms with van der Waals surface area (Å²) in [6.45, 7) is 1.70. The lowest BCUT2D eigenvalue weighted by atomic mass is 10.1. The third-order valence-corrected chi connectivity index (χ3v) is 3.79. The maximum absolute atomic E-state index is 12.0. The molecular weight excluding hydrogens is 272 g/mol. The molecule has 0 saturated heterocycles. The number of carbonyl (C=O) groups excluding carboxylic acids is 1. The number of urea groups is 1. The Morgan fingerprint density at radius 3 is 2.71 bits per heavy atom. The highest BCUT2D eigenvalue weighted by molar-refractivity contribution is 5.92. The van der Waals surface area contributed by atoms with Crippen LogP contribution >= 0.6 is 0 Å². The van der Waals surface area contributed by atoms with Crippen LogP contribution in [0.5, 0.6) is 0 Å². The number of methoxy groups -OCH3 is 1. The zero-order valence-corrected chi connectivity index (χ0v) is 12.2. The third kappa shape index (κ3) is 3.72. The van der Waals surface area contributed by atoms with Gasteiger partial charge in [-0.1, -0.05) is 0 Å². The molecule has 0 spiro atoms. The van der Waals surface area contributed by atoms with Gasteiger partial charge in [-0.2, -0.15) is 0 Å². The lowest BCUT2D eigenvalue weighted by Gasteiger charge is -2.20. The van der Waals surface area contributed by atoms with Crippen molar-refractivity contribution in [3.63, 3.8) is 0 Å². The molecular formula is C15H20N2O4. The third-order valence-electron chi connectivity index (χ3n) is 3.79. The molecule has 1 saturated carbocycles. The van der Waals surface area contributed by atoms with Crippen LogP contribution in [0.25, 0.3) is 0 Å². The minimum atomic E-state index is -0.975. The molecule has 1 aromatic carbocycles. The fourth-order valence-corrected chi connectivity index (χ4v) is 2.69. The van der Waals surface area contributed by atoms with Crippen LogP contribution in [0.3, 0.4) is 0 Å². The zero-order valence-electron chi connectivity index (χ0n) is 12.2. The molecule has 1 fully saturated rings. The van der Waals surface area contributed by atoms with Crippen molar-refractivity contribution in [3.05, 3.63) is 29.3 Å². The molecule has 2 amide bonds. The number of carbonyl (C=O) groups is 2. The van der Waals surface area contributed by atoms with Crippen LogP contribution in [0, 0.1) is 6.92 Å². The van der Waals surface area contributed by atoms with Crippen LogP contribution in [-0.4, -0.2) is 36.4 Å². The van der Waals surface area contributed by atoms with Crippen LogP contribution in [0.4, 0.5) is 10.5 Å². The zero-order chi connectivity index (χ0) is 15.4. The predicted octanol–water partition coefficient (Wildman–Crippen LogP) is 2.38. The SMILES string of the molecule is COC1CCCC1NC(=O)Nc1ccc(C(=O)O)c(C)c1. The standard InChI is InChI=1S/C15H20N2O4/c1-9-8-10(6-7-11(9)14(18)19)16-15(20)17-12-4-3-5-13(12)21-2/h6-8,12-13H,3-5H2,1-2H3,(H,18,19)(H2,16,17,20). The molecule has 2 unspecified atom stereocenters. The first-order valence-corrected chi connectivity index (χ1v) is 6.95. The molecule has 2 atom stereocenters. The van der Waals surface area contributed by atoms with Crippen molar-refractivity contribution in [2.24, 2.45) is 0 Å². The molecule has 0 aromatic heterocycles. The van der Waals surface area contributed by atoms with Crippen LogP contribution in [0.1, 0.15) is 35.2 Å². The molecule has 1 aromatic rings. The predicted molar refractivity (Wildman–Crippen MR) is 78.7 cm³/mol. The van der Waals surface area contributed by atoms with Crippen molar-refractivity contribution < 1.29 is 19.4 Å². The number of amides is 2. The molecule has 3 N–H and O–H groups in total. The van der Waals surface area contributed by atoms with Gasteiger partial charge in [0, 0.05) is 12.8 Å². The van der Waals surface area contributed by atoms with E-state index in [1.165, 1.54) is 6.07 Å². The first-order valence-electron chi connectivity index (χ1n) is 6.95. The lowest BCUT2D eigenvalue weighted by molar-refractivity contribution is 0.0696. The quantitative estimate of drug-likeness (QED) is 0.795. The number of nitrogens with one attached hydrogen (secondary N) is 2. The second-order valence-electron chi connectivity index (χ2n) is 5.24. The fraction of sp³-hybridized carbons (Fsp3) is 0.467. The van der Waals surface area contributed by atoms with E-state index in [4.69, 9.17) is 9.84 Å². The van der Waals surface area contributed by atoms with Crippen molar-refractivity contribution in [2.75, 3.05) is 12.4 Å². The largest absolute Gasteiger partial charge is 0.478 e. The minimum Gasteiger partial charge on any atom is -0.478 e. The van der Waals surface area contributed by atoms with Crippen LogP contribution in [-0.2, 0) is 4.74 Å². The second kappa shape index (κ2) is 6.58. The number of benzene rings is 1. The first-order chi connectivity index (χ1) is 10.0. The minimum absolute atomic E-state index is 0.0226. The molecule has 21 heavy (non-hydrogen) atoms. The first kappa shape index (κ1) is 15.3. The van der Waals surface area contributed by atoms with E-state index in [1.807, 2.05) is 0 Å². The number of anilines is 1. The molecule has 0 radical (unpaired) electrons. The molecule has 1 aliphatic carbocycles. The summed E-state index contributed by atoms with van der Waals surface area (Å²) in [5.74, 6) is -0.975. The number of aryl methyl sites for hydroxylation is 1. The molecule has 0 bridgehead atoms. The van der Waals surface area contributed by atoms with Gasteiger partial charge in [-0.25, -0.2) is 9.59 Å².